The van der Waals surface area contributed by atoms with Crippen LogP contribution in [-0.4, -0.2) is 51.3 Å². The molecular weight excluding hydrogens is 445 g/mol. The standard InChI is InChI=1S/C15H23N3O2S2.HI/c1-12-3-5-14(6-4-12)21-9-8-17-15(16-2)18-13-7-10-22(19,20)11-13;/h3-6,13H,7-11H2,1-2H3,(H2,16,17,18);1H. The fourth-order valence-corrected chi connectivity index (χ4v) is 4.71. The monoisotopic (exact) mass is 469 g/mol. The van der Waals surface area contributed by atoms with E-state index < -0.39 is 9.84 Å². The van der Waals surface area contributed by atoms with E-state index in [9.17, 15) is 8.42 Å². The highest BCUT2D eigenvalue weighted by Crippen LogP contribution is 2.17. The van der Waals surface area contributed by atoms with Gasteiger partial charge in [0.25, 0.3) is 0 Å². The van der Waals surface area contributed by atoms with Crippen molar-refractivity contribution in [3.05, 3.63) is 29.8 Å². The average Bonchev–Trinajstić information content (AvgIpc) is 2.83. The number of benzene rings is 1. The van der Waals surface area contributed by atoms with Crippen molar-refractivity contribution in [1.29, 1.82) is 0 Å². The van der Waals surface area contributed by atoms with E-state index in [4.69, 9.17) is 0 Å². The third-order valence-electron chi connectivity index (χ3n) is 3.48. The molecule has 0 aromatic heterocycles. The number of hydrogen-bond donors (Lipinski definition) is 2. The number of aryl methyl sites for hydroxylation is 1. The van der Waals surface area contributed by atoms with E-state index in [0.717, 1.165) is 12.3 Å². The summed E-state index contributed by atoms with van der Waals surface area (Å²) in [5, 5.41) is 6.41. The molecular formula is C15H24IN3O2S2. The lowest BCUT2D eigenvalue weighted by molar-refractivity contribution is 0.599. The van der Waals surface area contributed by atoms with Crippen molar-refractivity contribution in [3.63, 3.8) is 0 Å². The quantitative estimate of drug-likeness (QED) is 0.227. The zero-order valence-electron chi connectivity index (χ0n) is 13.4. The molecule has 2 N–H and O–H groups in total. The summed E-state index contributed by atoms with van der Waals surface area (Å²) in [6.45, 7) is 2.85. The number of aliphatic imine (C=N–C) groups is 1. The lowest BCUT2D eigenvalue weighted by Gasteiger charge is -2.15. The summed E-state index contributed by atoms with van der Waals surface area (Å²) in [5.41, 5.74) is 1.26. The third-order valence-corrected chi connectivity index (χ3v) is 6.26. The maximum absolute atomic E-state index is 11.4. The van der Waals surface area contributed by atoms with Crippen molar-refractivity contribution >= 4 is 51.5 Å². The van der Waals surface area contributed by atoms with Gasteiger partial charge in [0.2, 0.25) is 0 Å². The molecule has 1 aliphatic heterocycles. The van der Waals surface area contributed by atoms with E-state index in [1.807, 2.05) is 0 Å². The topological polar surface area (TPSA) is 70.6 Å². The van der Waals surface area contributed by atoms with Gasteiger partial charge in [-0.1, -0.05) is 17.7 Å². The molecule has 1 saturated heterocycles. The van der Waals surface area contributed by atoms with Crippen LogP contribution in [0.1, 0.15) is 12.0 Å². The Bertz CT molecular complexity index is 618. The molecule has 0 amide bonds. The lowest BCUT2D eigenvalue weighted by Crippen LogP contribution is -2.44. The normalized spacial score (nSPS) is 19.9. The molecule has 1 aromatic carbocycles. The number of hydrogen-bond acceptors (Lipinski definition) is 4. The molecule has 0 bridgehead atoms. The summed E-state index contributed by atoms with van der Waals surface area (Å²) in [5.74, 6) is 2.07. The molecule has 0 radical (unpaired) electrons. The summed E-state index contributed by atoms with van der Waals surface area (Å²) in [4.78, 5) is 5.39. The van der Waals surface area contributed by atoms with Gasteiger partial charge in [-0.2, -0.15) is 0 Å². The second-order valence-electron chi connectivity index (χ2n) is 5.40. The predicted octanol–water partition coefficient (Wildman–Crippen LogP) is 2.06. The zero-order valence-corrected chi connectivity index (χ0v) is 17.4. The number of thioether (sulfide) groups is 1. The number of halogens is 1. The van der Waals surface area contributed by atoms with Crippen LogP contribution in [0.5, 0.6) is 0 Å². The fraction of sp³-hybridized carbons (Fsp3) is 0.533. The summed E-state index contributed by atoms with van der Waals surface area (Å²) in [6, 6.07) is 8.43. The molecule has 0 spiro atoms. The maximum Gasteiger partial charge on any atom is 0.191 e. The van der Waals surface area contributed by atoms with E-state index in [-0.39, 0.29) is 41.5 Å². The molecule has 1 fully saturated rings. The van der Waals surface area contributed by atoms with E-state index >= 15 is 0 Å². The minimum absolute atomic E-state index is 0. The molecule has 8 heteroatoms. The van der Waals surface area contributed by atoms with Crippen LogP contribution in [0.2, 0.25) is 0 Å². The Morgan fingerprint density at radius 3 is 2.61 bits per heavy atom. The van der Waals surface area contributed by atoms with Gasteiger partial charge in [-0.15, -0.1) is 35.7 Å². The van der Waals surface area contributed by atoms with Crippen LogP contribution in [0.25, 0.3) is 0 Å². The van der Waals surface area contributed by atoms with Gasteiger partial charge in [-0.25, -0.2) is 8.42 Å². The van der Waals surface area contributed by atoms with Gasteiger partial charge < -0.3 is 10.6 Å². The van der Waals surface area contributed by atoms with Gasteiger partial charge in [0.05, 0.1) is 11.5 Å². The van der Waals surface area contributed by atoms with Gasteiger partial charge in [-0.3, -0.25) is 4.99 Å². The minimum atomic E-state index is -2.86. The van der Waals surface area contributed by atoms with Gasteiger partial charge in [0.1, 0.15) is 0 Å². The lowest BCUT2D eigenvalue weighted by atomic mass is 10.2. The highest BCUT2D eigenvalue weighted by molar-refractivity contribution is 14.0. The van der Waals surface area contributed by atoms with Crippen molar-refractivity contribution < 1.29 is 8.42 Å². The Kier molecular flexibility index (Phi) is 8.70. The summed E-state index contributed by atoms with van der Waals surface area (Å²) >= 11 is 1.78. The van der Waals surface area contributed by atoms with Crippen molar-refractivity contribution in [3.8, 4) is 0 Å². The Morgan fingerprint density at radius 2 is 2.04 bits per heavy atom. The van der Waals surface area contributed by atoms with Crippen molar-refractivity contribution in [2.75, 3.05) is 30.9 Å². The van der Waals surface area contributed by atoms with Crippen molar-refractivity contribution in [2.45, 2.75) is 24.3 Å². The molecule has 1 heterocycles. The molecule has 2 rings (SSSR count). The van der Waals surface area contributed by atoms with Crippen LogP contribution in [0.3, 0.4) is 0 Å². The summed E-state index contributed by atoms with van der Waals surface area (Å²) in [6.07, 6.45) is 0.654. The molecule has 1 atom stereocenters. The smallest absolute Gasteiger partial charge is 0.191 e. The van der Waals surface area contributed by atoms with Crippen LogP contribution in [0.15, 0.2) is 34.2 Å². The molecule has 0 aliphatic carbocycles. The first kappa shape index (κ1) is 20.6. The Labute approximate surface area is 160 Å². The number of nitrogens with zero attached hydrogens (tertiary/aromatic N) is 1. The second-order valence-corrected chi connectivity index (χ2v) is 8.80. The van der Waals surface area contributed by atoms with Crippen molar-refractivity contribution in [1.82, 2.24) is 10.6 Å². The molecule has 130 valence electrons. The first-order valence-corrected chi connectivity index (χ1v) is 10.2. The highest BCUT2D eigenvalue weighted by Gasteiger charge is 2.28. The van der Waals surface area contributed by atoms with Crippen LogP contribution >= 0.6 is 35.7 Å². The number of rotatable bonds is 5. The molecule has 0 saturated carbocycles. The van der Waals surface area contributed by atoms with E-state index in [0.29, 0.717) is 12.4 Å². The number of sulfone groups is 1. The number of guanidine groups is 1. The molecule has 23 heavy (non-hydrogen) atoms. The summed E-state index contributed by atoms with van der Waals surface area (Å²) in [7, 11) is -1.16. The Hall–Kier alpha value is -0.480. The van der Waals surface area contributed by atoms with Crippen LogP contribution < -0.4 is 10.6 Å². The Balaban J connectivity index is 0.00000264. The first-order chi connectivity index (χ1) is 10.5. The Morgan fingerprint density at radius 1 is 1.35 bits per heavy atom. The van der Waals surface area contributed by atoms with Gasteiger partial charge >= 0.3 is 0 Å². The molecule has 5 nitrogen and oxygen atoms in total. The fourth-order valence-electron chi connectivity index (χ4n) is 2.27. The molecule has 1 aliphatic rings. The average molecular weight is 469 g/mol. The van der Waals surface area contributed by atoms with Crippen molar-refractivity contribution in [2.24, 2.45) is 4.99 Å². The zero-order chi connectivity index (χ0) is 16.0. The summed E-state index contributed by atoms with van der Waals surface area (Å²) < 4.78 is 22.9. The van der Waals surface area contributed by atoms with Gasteiger partial charge in [0.15, 0.2) is 15.8 Å². The molecule has 1 unspecified atom stereocenters. The highest BCUT2D eigenvalue weighted by atomic mass is 127. The van der Waals surface area contributed by atoms with E-state index in [2.05, 4.69) is 46.8 Å². The molecule has 1 aromatic rings. The maximum atomic E-state index is 11.4. The number of nitrogens with one attached hydrogen (secondary N) is 2. The van der Waals surface area contributed by atoms with E-state index in [1.165, 1.54) is 10.5 Å². The van der Waals surface area contributed by atoms with Gasteiger partial charge in [0, 0.05) is 30.3 Å². The SMILES string of the molecule is CN=C(NCCSc1ccc(C)cc1)NC1CCS(=O)(=O)C1.I. The first-order valence-electron chi connectivity index (χ1n) is 7.35. The largest absolute Gasteiger partial charge is 0.356 e. The van der Waals surface area contributed by atoms with Crippen LogP contribution in [0.4, 0.5) is 0 Å². The third kappa shape index (κ3) is 7.30. The van der Waals surface area contributed by atoms with Gasteiger partial charge in [-0.05, 0) is 25.5 Å². The van der Waals surface area contributed by atoms with Crippen LogP contribution in [-0.2, 0) is 9.84 Å². The van der Waals surface area contributed by atoms with E-state index in [1.54, 1.807) is 18.8 Å². The van der Waals surface area contributed by atoms with Crippen LogP contribution in [0, 0.1) is 6.92 Å². The second kappa shape index (κ2) is 9.73. The predicted molar refractivity (Wildman–Crippen MR) is 109 cm³/mol. The minimum Gasteiger partial charge on any atom is -0.356 e.